The molecule has 0 aliphatic heterocycles. The number of nitrogens with one attached hydrogen (secondary N) is 1. The van der Waals surface area contributed by atoms with Crippen LogP contribution in [0.1, 0.15) is 16.7 Å². The molecule has 0 unspecified atom stereocenters. The second-order valence-electron chi connectivity index (χ2n) is 4.35. The van der Waals surface area contributed by atoms with Crippen molar-refractivity contribution in [1.82, 2.24) is 0 Å². The summed E-state index contributed by atoms with van der Waals surface area (Å²) in [7, 11) is 0. The predicted molar refractivity (Wildman–Crippen MR) is 76.1 cm³/mol. The Morgan fingerprint density at radius 3 is 2.70 bits per heavy atom. The van der Waals surface area contributed by atoms with Crippen LogP contribution in [0.5, 0.6) is 0 Å². The molecule has 0 aromatic heterocycles. The Morgan fingerprint density at radius 1 is 1.25 bits per heavy atom. The van der Waals surface area contributed by atoms with Crippen molar-refractivity contribution in [2.45, 2.75) is 13.5 Å². The summed E-state index contributed by atoms with van der Waals surface area (Å²) in [5.74, 6) is 0. The lowest BCUT2D eigenvalue weighted by molar-refractivity contribution is 0.155. The number of aryl methyl sites for hydroxylation is 1. The molecule has 0 radical (unpaired) electrons. The van der Waals surface area contributed by atoms with E-state index in [4.69, 9.17) is 10.00 Å². The number of rotatable bonds is 3. The van der Waals surface area contributed by atoms with Crippen molar-refractivity contribution in [1.29, 1.82) is 5.26 Å². The Hall–Kier alpha value is -2.80. The summed E-state index contributed by atoms with van der Waals surface area (Å²) in [5.41, 5.74) is 2.74. The first-order valence-corrected chi connectivity index (χ1v) is 6.17. The van der Waals surface area contributed by atoms with E-state index in [9.17, 15) is 4.79 Å². The van der Waals surface area contributed by atoms with Crippen molar-refractivity contribution in [3.63, 3.8) is 0 Å². The fourth-order valence-electron chi connectivity index (χ4n) is 1.73. The molecule has 0 bridgehead atoms. The first-order chi connectivity index (χ1) is 9.69. The van der Waals surface area contributed by atoms with Gasteiger partial charge in [0.25, 0.3) is 0 Å². The number of carbonyl (C=O) groups is 1. The van der Waals surface area contributed by atoms with Crippen LogP contribution in [0, 0.1) is 18.3 Å². The number of carbonyl (C=O) groups excluding carboxylic acids is 1. The zero-order valence-electron chi connectivity index (χ0n) is 11.1. The molecular formula is C16H14N2O2. The molecule has 4 nitrogen and oxygen atoms in total. The second kappa shape index (κ2) is 6.39. The molecule has 1 N–H and O–H groups in total. The van der Waals surface area contributed by atoms with E-state index in [0.29, 0.717) is 11.3 Å². The monoisotopic (exact) mass is 266 g/mol. The quantitative estimate of drug-likeness (QED) is 0.923. The van der Waals surface area contributed by atoms with Crippen LogP contribution in [0.4, 0.5) is 10.5 Å². The Balaban J connectivity index is 1.98. The molecule has 4 heteroatoms. The number of ether oxygens (including phenoxy) is 1. The van der Waals surface area contributed by atoms with E-state index in [1.807, 2.05) is 49.4 Å². The number of amides is 1. The van der Waals surface area contributed by atoms with E-state index in [2.05, 4.69) is 5.32 Å². The number of nitriles is 1. The van der Waals surface area contributed by atoms with Gasteiger partial charge < -0.3 is 4.74 Å². The molecule has 0 spiro atoms. The maximum absolute atomic E-state index is 11.7. The van der Waals surface area contributed by atoms with Crippen LogP contribution in [0.25, 0.3) is 0 Å². The van der Waals surface area contributed by atoms with Gasteiger partial charge in [-0.15, -0.1) is 0 Å². The highest BCUT2D eigenvalue weighted by molar-refractivity contribution is 5.86. The van der Waals surface area contributed by atoms with Crippen molar-refractivity contribution in [3.8, 4) is 6.07 Å². The molecule has 2 aromatic rings. The third-order valence-corrected chi connectivity index (χ3v) is 2.75. The molecule has 0 saturated carbocycles. The molecule has 100 valence electrons. The molecule has 2 rings (SSSR count). The normalized spacial score (nSPS) is 9.60. The SMILES string of the molecule is Cc1ccc(C#N)c(NC(=O)OCc2ccccc2)c1. The molecule has 20 heavy (non-hydrogen) atoms. The Bertz CT molecular complexity index is 645. The van der Waals surface area contributed by atoms with Gasteiger partial charge in [0.2, 0.25) is 0 Å². The largest absolute Gasteiger partial charge is 0.444 e. The van der Waals surface area contributed by atoms with Gasteiger partial charge in [-0.3, -0.25) is 5.32 Å². The number of nitrogens with zero attached hydrogens (tertiary/aromatic N) is 1. The van der Waals surface area contributed by atoms with Crippen molar-refractivity contribution in [3.05, 3.63) is 65.2 Å². The molecular weight excluding hydrogens is 252 g/mol. The van der Waals surface area contributed by atoms with Crippen LogP contribution < -0.4 is 5.32 Å². The van der Waals surface area contributed by atoms with E-state index < -0.39 is 6.09 Å². The fourth-order valence-corrected chi connectivity index (χ4v) is 1.73. The van der Waals surface area contributed by atoms with Crippen LogP contribution in [0.15, 0.2) is 48.5 Å². The van der Waals surface area contributed by atoms with Gasteiger partial charge in [0.05, 0.1) is 11.3 Å². The van der Waals surface area contributed by atoms with Crippen LogP contribution >= 0.6 is 0 Å². The van der Waals surface area contributed by atoms with Crippen LogP contribution in [-0.4, -0.2) is 6.09 Å². The Kier molecular flexibility index (Phi) is 4.35. The summed E-state index contributed by atoms with van der Waals surface area (Å²) in [4.78, 5) is 11.7. The van der Waals surface area contributed by atoms with Gasteiger partial charge in [0.15, 0.2) is 0 Å². The van der Waals surface area contributed by atoms with E-state index >= 15 is 0 Å². The topological polar surface area (TPSA) is 62.1 Å². The summed E-state index contributed by atoms with van der Waals surface area (Å²) in [6.07, 6.45) is -0.573. The predicted octanol–water partition coefficient (Wildman–Crippen LogP) is 3.62. The molecule has 0 heterocycles. The van der Waals surface area contributed by atoms with Gasteiger partial charge in [-0.2, -0.15) is 5.26 Å². The average Bonchev–Trinajstić information content (AvgIpc) is 2.46. The second-order valence-corrected chi connectivity index (χ2v) is 4.35. The smallest absolute Gasteiger partial charge is 0.411 e. The van der Waals surface area contributed by atoms with E-state index in [1.54, 1.807) is 12.1 Å². The van der Waals surface area contributed by atoms with Gasteiger partial charge in [-0.1, -0.05) is 36.4 Å². The number of anilines is 1. The van der Waals surface area contributed by atoms with Crippen molar-refractivity contribution in [2.75, 3.05) is 5.32 Å². The van der Waals surface area contributed by atoms with Crippen LogP contribution in [-0.2, 0) is 11.3 Å². The summed E-state index contributed by atoms with van der Waals surface area (Å²) in [6.45, 7) is 2.09. The number of hydrogen-bond donors (Lipinski definition) is 1. The fraction of sp³-hybridized carbons (Fsp3) is 0.125. The minimum absolute atomic E-state index is 0.195. The van der Waals surface area contributed by atoms with E-state index in [1.165, 1.54) is 0 Å². The van der Waals surface area contributed by atoms with Gasteiger partial charge in [0.1, 0.15) is 12.7 Å². The molecule has 2 aromatic carbocycles. The molecule has 0 atom stereocenters. The van der Waals surface area contributed by atoms with Crippen LogP contribution in [0.2, 0.25) is 0 Å². The van der Waals surface area contributed by atoms with Crippen molar-refractivity contribution in [2.24, 2.45) is 0 Å². The lowest BCUT2D eigenvalue weighted by Crippen LogP contribution is -2.14. The summed E-state index contributed by atoms with van der Waals surface area (Å²) in [6, 6.07) is 16.7. The van der Waals surface area contributed by atoms with Gasteiger partial charge >= 0.3 is 6.09 Å². The number of hydrogen-bond acceptors (Lipinski definition) is 3. The average molecular weight is 266 g/mol. The highest BCUT2D eigenvalue weighted by Crippen LogP contribution is 2.17. The maximum Gasteiger partial charge on any atom is 0.411 e. The highest BCUT2D eigenvalue weighted by atomic mass is 16.5. The van der Waals surface area contributed by atoms with Gasteiger partial charge in [-0.25, -0.2) is 4.79 Å². The summed E-state index contributed by atoms with van der Waals surface area (Å²) in [5, 5.41) is 11.6. The third kappa shape index (κ3) is 3.59. The zero-order valence-corrected chi connectivity index (χ0v) is 11.1. The van der Waals surface area contributed by atoms with E-state index in [-0.39, 0.29) is 6.61 Å². The highest BCUT2D eigenvalue weighted by Gasteiger charge is 2.08. The Labute approximate surface area is 117 Å². The lowest BCUT2D eigenvalue weighted by atomic mass is 10.1. The zero-order chi connectivity index (χ0) is 14.4. The number of benzene rings is 2. The van der Waals surface area contributed by atoms with Crippen molar-refractivity contribution >= 4 is 11.8 Å². The third-order valence-electron chi connectivity index (χ3n) is 2.75. The molecule has 0 aliphatic carbocycles. The molecule has 0 aliphatic rings. The standard InChI is InChI=1S/C16H14N2O2/c1-12-7-8-14(10-17)15(9-12)18-16(19)20-11-13-5-3-2-4-6-13/h2-9H,11H2,1H3,(H,18,19). The molecule has 0 saturated heterocycles. The Morgan fingerprint density at radius 2 is 2.00 bits per heavy atom. The van der Waals surface area contributed by atoms with Crippen molar-refractivity contribution < 1.29 is 9.53 Å². The van der Waals surface area contributed by atoms with Gasteiger partial charge in [0, 0.05) is 0 Å². The maximum atomic E-state index is 11.7. The lowest BCUT2D eigenvalue weighted by Gasteiger charge is -2.09. The summed E-state index contributed by atoms with van der Waals surface area (Å²) < 4.78 is 5.11. The first kappa shape index (κ1) is 13.6. The minimum atomic E-state index is -0.573. The van der Waals surface area contributed by atoms with Gasteiger partial charge in [-0.05, 0) is 30.2 Å². The first-order valence-electron chi connectivity index (χ1n) is 6.17. The minimum Gasteiger partial charge on any atom is -0.444 e. The van der Waals surface area contributed by atoms with Crippen LogP contribution in [0.3, 0.4) is 0 Å². The molecule has 0 fully saturated rings. The molecule has 1 amide bonds. The summed E-state index contributed by atoms with van der Waals surface area (Å²) >= 11 is 0. The van der Waals surface area contributed by atoms with E-state index in [0.717, 1.165) is 11.1 Å².